The van der Waals surface area contributed by atoms with E-state index in [0.717, 1.165) is 11.1 Å². The van der Waals surface area contributed by atoms with Crippen LogP contribution in [0.5, 0.6) is 0 Å². The second kappa shape index (κ2) is 8.53. The average molecular weight is 408 g/mol. The molecule has 0 amide bonds. The average Bonchev–Trinajstić information content (AvgIpc) is 2.75. The summed E-state index contributed by atoms with van der Waals surface area (Å²) in [5.74, 6) is -1.07. The highest BCUT2D eigenvalue weighted by Gasteiger charge is 2.51. The number of benzene rings is 3. The van der Waals surface area contributed by atoms with E-state index < -0.39 is 27.0 Å². The van der Waals surface area contributed by atoms with Gasteiger partial charge in [0.25, 0.3) is 5.00 Å². The number of ketones is 1. The van der Waals surface area contributed by atoms with Crippen molar-refractivity contribution in [2.45, 2.75) is 23.2 Å². The van der Waals surface area contributed by atoms with Crippen LogP contribution in [0.4, 0.5) is 4.39 Å². The highest BCUT2D eigenvalue weighted by atomic mass is 32.2. The molecule has 0 fully saturated rings. The maximum Gasteiger partial charge on any atom is 0.280 e. The Balaban J connectivity index is 2.01. The first-order valence-corrected chi connectivity index (χ1v) is 10.6. The van der Waals surface area contributed by atoms with Gasteiger partial charge in [-0.3, -0.25) is 4.79 Å². The molecule has 0 aliphatic rings. The SMILES string of the molecule is Cc1ccc(/C=C/CC(F)(C(=O)c2ccccc2)S(=O)(=O)c2ccccc2)cc1. The van der Waals surface area contributed by atoms with Crippen LogP contribution in [0.3, 0.4) is 0 Å². The van der Waals surface area contributed by atoms with Crippen LogP contribution >= 0.6 is 0 Å². The number of Topliss-reactive ketones (excluding diaryl/α,β-unsaturated/α-hetero) is 1. The maximum atomic E-state index is 16.1. The predicted octanol–water partition coefficient (Wildman–Crippen LogP) is 5.42. The number of aryl methyl sites for hydroxylation is 1. The number of hydrogen-bond acceptors (Lipinski definition) is 3. The zero-order valence-corrected chi connectivity index (χ0v) is 16.8. The molecule has 0 aliphatic heterocycles. The molecule has 3 nitrogen and oxygen atoms in total. The molecule has 3 aromatic rings. The third kappa shape index (κ3) is 4.35. The minimum Gasteiger partial charge on any atom is -0.289 e. The standard InChI is InChI=1S/C24H21FO3S/c1-19-14-16-20(17-15-19)9-8-18-24(25,23(26)21-10-4-2-5-11-21)29(27,28)22-12-6-3-7-13-22/h2-17H,18H2,1H3/b9-8+. The quantitative estimate of drug-likeness (QED) is 0.491. The highest BCUT2D eigenvalue weighted by molar-refractivity contribution is 7.93. The Morgan fingerprint density at radius 1 is 0.897 bits per heavy atom. The summed E-state index contributed by atoms with van der Waals surface area (Å²) in [4.78, 5) is 12.8. The third-order valence-corrected chi connectivity index (χ3v) is 6.72. The smallest absolute Gasteiger partial charge is 0.280 e. The molecule has 0 saturated heterocycles. The summed E-state index contributed by atoms with van der Waals surface area (Å²) in [5, 5.41) is -3.11. The number of alkyl halides is 1. The van der Waals surface area contributed by atoms with Crippen LogP contribution in [-0.4, -0.2) is 19.2 Å². The maximum absolute atomic E-state index is 16.1. The third-order valence-electron chi connectivity index (χ3n) is 4.62. The van der Waals surface area contributed by atoms with Crippen LogP contribution in [0.2, 0.25) is 0 Å². The van der Waals surface area contributed by atoms with E-state index in [1.165, 1.54) is 42.5 Å². The van der Waals surface area contributed by atoms with E-state index in [2.05, 4.69) is 0 Å². The van der Waals surface area contributed by atoms with Crippen molar-refractivity contribution in [2.75, 3.05) is 0 Å². The number of hydrogen-bond donors (Lipinski definition) is 0. The summed E-state index contributed by atoms with van der Waals surface area (Å²) in [5.41, 5.74) is 1.88. The van der Waals surface area contributed by atoms with Gasteiger partial charge in [0.2, 0.25) is 15.6 Å². The topological polar surface area (TPSA) is 51.2 Å². The van der Waals surface area contributed by atoms with Gasteiger partial charge in [0, 0.05) is 12.0 Å². The number of carbonyl (C=O) groups excluding carboxylic acids is 1. The van der Waals surface area contributed by atoms with Gasteiger partial charge in [0.15, 0.2) is 0 Å². The first kappa shape index (κ1) is 20.7. The lowest BCUT2D eigenvalue weighted by Gasteiger charge is -2.23. The minimum atomic E-state index is -4.58. The van der Waals surface area contributed by atoms with E-state index in [-0.39, 0.29) is 10.5 Å². The summed E-state index contributed by atoms with van der Waals surface area (Å²) in [6.07, 6.45) is 2.42. The Kier molecular flexibility index (Phi) is 6.09. The van der Waals surface area contributed by atoms with Gasteiger partial charge in [-0.25, -0.2) is 12.8 Å². The normalized spacial score (nSPS) is 13.9. The van der Waals surface area contributed by atoms with Crippen molar-refractivity contribution in [2.24, 2.45) is 0 Å². The lowest BCUT2D eigenvalue weighted by molar-refractivity contribution is 0.0829. The number of carbonyl (C=O) groups is 1. The van der Waals surface area contributed by atoms with Gasteiger partial charge >= 0.3 is 0 Å². The molecule has 0 N–H and O–H groups in total. The van der Waals surface area contributed by atoms with E-state index in [0.29, 0.717) is 0 Å². The molecule has 3 rings (SSSR count). The molecule has 3 aromatic carbocycles. The van der Waals surface area contributed by atoms with Crippen molar-refractivity contribution >= 4 is 21.7 Å². The molecule has 148 valence electrons. The van der Waals surface area contributed by atoms with Gasteiger partial charge in [-0.15, -0.1) is 0 Å². The van der Waals surface area contributed by atoms with E-state index in [4.69, 9.17) is 0 Å². The number of sulfone groups is 1. The number of allylic oxidation sites excluding steroid dienone is 1. The molecule has 0 aromatic heterocycles. The molecule has 5 heteroatoms. The summed E-state index contributed by atoms with van der Waals surface area (Å²) < 4.78 is 42.4. The lowest BCUT2D eigenvalue weighted by atomic mass is 10.0. The molecule has 0 spiro atoms. The number of rotatable bonds is 7. The first-order valence-electron chi connectivity index (χ1n) is 9.16. The van der Waals surface area contributed by atoms with E-state index in [1.807, 2.05) is 31.2 Å². The van der Waals surface area contributed by atoms with E-state index in [1.54, 1.807) is 30.3 Å². The fourth-order valence-electron chi connectivity index (χ4n) is 2.94. The van der Waals surface area contributed by atoms with Crippen molar-refractivity contribution in [1.29, 1.82) is 0 Å². The van der Waals surface area contributed by atoms with Crippen LogP contribution < -0.4 is 0 Å². The van der Waals surface area contributed by atoms with Gasteiger partial charge in [-0.2, -0.15) is 0 Å². The van der Waals surface area contributed by atoms with Crippen molar-refractivity contribution in [1.82, 2.24) is 0 Å². The largest absolute Gasteiger partial charge is 0.289 e. The van der Waals surface area contributed by atoms with E-state index >= 15 is 4.39 Å². The molecule has 0 bridgehead atoms. The Bertz CT molecular complexity index is 1110. The van der Waals surface area contributed by atoms with Crippen LogP contribution in [0.15, 0.2) is 95.9 Å². The second-order valence-electron chi connectivity index (χ2n) is 6.76. The van der Waals surface area contributed by atoms with Crippen molar-refractivity contribution < 1.29 is 17.6 Å². The number of halogens is 1. The molecule has 1 unspecified atom stereocenters. The van der Waals surface area contributed by atoms with Gasteiger partial charge in [0.05, 0.1) is 4.90 Å². The van der Waals surface area contributed by atoms with Crippen molar-refractivity contribution in [3.05, 3.63) is 108 Å². The Hall–Kier alpha value is -3.05. The first-order chi connectivity index (χ1) is 13.8. The summed E-state index contributed by atoms with van der Waals surface area (Å²) in [6.45, 7) is 1.95. The molecule has 1 atom stereocenters. The Morgan fingerprint density at radius 2 is 1.45 bits per heavy atom. The molecule has 0 heterocycles. The van der Waals surface area contributed by atoms with Crippen molar-refractivity contribution in [3.8, 4) is 0 Å². The van der Waals surface area contributed by atoms with Gasteiger partial charge in [-0.1, -0.05) is 90.5 Å². The predicted molar refractivity (Wildman–Crippen MR) is 113 cm³/mol. The Labute approximate surface area is 170 Å². The molecule has 0 saturated carbocycles. The van der Waals surface area contributed by atoms with Crippen molar-refractivity contribution in [3.63, 3.8) is 0 Å². The van der Waals surface area contributed by atoms with Gasteiger partial charge in [-0.05, 0) is 24.6 Å². The molecule has 0 aliphatic carbocycles. The zero-order valence-electron chi connectivity index (χ0n) is 16.0. The summed E-state index contributed by atoms with van der Waals surface area (Å²) in [7, 11) is -4.58. The summed E-state index contributed by atoms with van der Waals surface area (Å²) in [6, 6.07) is 22.4. The molecule has 29 heavy (non-hydrogen) atoms. The lowest BCUT2D eigenvalue weighted by Crippen LogP contribution is -2.42. The molecule has 0 radical (unpaired) electrons. The van der Waals surface area contributed by atoms with Gasteiger partial charge < -0.3 is 0 Å². The van der Waals surface area contributed by atoms with Crippen LogP contribution in [0, 0.1) is 6.92 Å². The monoisotopic (exact) mass is 408 g/mol. The summed E-state index contributed by atoms with van der Waals surface area (Å²) >= 11 is 0. The molecular weight excluding hydrogens is 387 g/mol. The molecular formula is C24H21FO3S. The second-order valence-corrected chi connectivity index (χ2v) is 8.88. The van der Waals surface area contributed by atoms with Gasteiger partial charge in [0.1, 0.15) is 0 Å². The van der Waals surface area contributed by atoms with Crippen LogP contribution in [0.1, 0.15) is 27.9 Å². The van der Waals surface area contributed by atoms with Crippen LogP contribution in [0.25, 0.3) is 6.08 Å². The van der Waals surface area contributed by atoms with Crippen LogP contribution in [-0.2, 0) is 9.84 Å². The zero-order chi connectivity index (χ0) is 20.9. The minimum absolute atomic E-state index is 0.0123. The fraction of sp³-hybridized carbons (Fsp3) is 0.125. The Morgan fingerprint density at radius 3 is 2.03 bits per heavy atom. The highest BCUT2D eigenvalue weighted by Crippen LogP contribution is 2.34. The van der Waals surface area contributed by atoms with E-state index in [9.17, 15) is 13.2 Å². The fourth-order valence-corrected chi connectivity index (χ4v) is 4.51.